The van der Waals surface area contributed by atoms with Crippen molar-refractivity contribution >= 4 is 17.3 Å². The van der Waals surface area contributed by atoms with E-state index in [1.807, 2.05) is 72.8 Å². The fourth-order valence-corrected chi connectivity index (χ4v) is 3.82. The Labute approximate surface area is 189 Å². The monoisotopic (exact) mass is 431 g/mol. The van der Waals surface area contributed by atoms with Crippen LogP contribution >= 0.6 is 0 Å². The highest BCUT2D eigenvalue weighted by Crippen LogP contribution is 2.28. The number of benzene rings is 3. The molecule has 1 aliphatic heterocycles. The highest BCUT2D eigenvalue weighted by atomic mass is 16.5. The Hall–Kier alpha value is -3.51. The Morgan fingerprint density at radius 1 is 0.875 bits per heavy atom. The van der Waals surface area contributed by atoms with Crippen LogP contribution in [-0.4, -0.2) is 50.6 Å². The topological polar surface area (TPSA) is 54.0 Å². The van der Waals surface area contributed by atoms with E-state index in [9.17, 15) is 4.79 Å². The first-order chi connectivity index (χ1) is 15.7. The number of hydrogen-bond donors (Lipinski definition) is 1. The summed E-state index contributed by atoms with van der Waals surface area (Å²) in [5.41, 5.74) is 3.00. The Balaban J connectivity index is 1.22. The quantitative estimate of drug-likeness (QED) is 0.584. The van der Waals surface area contributed by atoms with Crippen LogP contribution in [0.3, 0.4) is 0 Å². The predicted molar refractivity (Wildman–Crippen MR) is 127 cm³/mol. The van der Waals surface area contributed by atoms with Crippen LogP contribution in [0, 0.1) is 0 Å². The lowest BCUT2D eigenvalue weighted by Crippen LogP contribution is -2.48. The molecule has 3 aromatic rings. The largest absolute Gasteiger partial charge is 0.495 e. The third-order valence-electron chi connectivity index (χ3n) is 5.55. The highest BCUT2D eigenvalue weighted by molar-refractivity contribution is 5.92. The Morgan fingerprint density at radius 2 is 1.56 bits per heavy atom. The van der Waals surface area contributed by atoms with E-state index in [1.165, 1.54) is 0 Å². The fraction of sp³-hybridized carbons (Fsp3) is 0.269. The molecule has 6 heteroatoms. The molecule has 0 aliphatic carbocycles. The first-order valence-corrected chi connectivity index (χ1v) is 10.9. The number of carbonyl (C=O) groups is 1. The van der Waals surface area contributed by atoms with Crippen molar-refractivity contribution in [2.75, 3.05) is 50.1 Å². The van der Waals surface area contributed by atoms with E-state index in [0.29, 0.717) is 13.2 Å². The van der Waals surface area contributed by atoms with Crippen LogP contribution < -0.4 is 19.7 Å². The van der Waals surface area contributed by atoms with Gasteiger partial charge in [0.15, 0.2) is 0 Å². The molecule has 166 valence electrons. The van der Waals surface area contributed by atoms with Crippen molar-refractivity contribution in [2.24, 2.45) is 0 Å². The van der Waals surface area contributed by atoms with Crippen molar-refractivity contribution in [3.05, 3.63) is 84.4 Å². The summed E-state index contributed by atoms with van der Waals surface area (Å²) in [4.78, 5) is 17.0. The van der Waals surface area contributed by atoms with Gasteiger partial charge >= 0.3 is 0 Å². The minimum Gasteiger partial charge on any atom is -0.495 e. The van der Waals surface area contributed by atoms with E-state index in [1.54, 1.807) is 7.11 Å². The molecule has 0 aromatic heterocycles. The third-order valence-corrected chi connectivity index (χ3v) is 5.55. The summed E-state index contributed by atoms with van der Waals surface area (Å²) in [6, 6.07) is 25.6. The number of para-hydroxylation sites is 2. The van der Waals surface area contributed by atoms with Crippen LogP contribution in [0.5, 0.6) is 11.5 Å². The molecule has 6 nitrogen and oxygen atoms in total. The molecule has 1 aliphatic rings. The summed E-state index contributed by atoms with van der Waals surface area (Å²) in [7, 11) is 1.70. The minimum atomic E-state index is -0.00584. The molecule has 0 bridgehead atoms. The molecule has 0 unspecified atom stereocenters. The lowest BCUT2D eigenvalue weighted by atomic mass is 10.2. The number of carbonyl (C=O) groups excluding carboxylic acids is 1. The second-order valence-corrected chi connectivity index (χ2v) is 7.78. The average Bonchev–Trinajstić information content (AvgIpc) is 2.85. The molecule has 0 spiro atoms. The van der Waals surface area contributed by atoms with E-state index in [2.05, 4.69) is 21.2 Å². The molecule has 1 saturated heterocycles. The first-order valence-electron chi connectivity index (χ1n) is 10.9. The van der Waals surface area contributed by atoms with Gasteiger partial charge < -0.3 is 19.7 Å². The van der Waals surface area contributed by atoms with E-state index >= 15 is 0 Å². The van der Waals surface area contributed by atoms with Gasteiger partial charge in [-0.25, -0.2) is 0 Å². The summed E-state index contributed by atoms with van der Waals surface area (Å²) >= 11 is 0. The second kappa shape index (κ2) is 10.7. The van der Waals surface area contributed by atoms with Gasteiger partial charge in [0.1, 0.15) is 18.1 Å². The molecule has 0 radical (unpaired) electrons. The molecule has 1 fully saturated rings. The molecule has 0 atom stereocenters. The van der Waals surface area contributed by atoms with Gasteiger partial charge in [0.2, 0.25) is 5.91 Å². The number of ether oxygens (including phenoxy) is 2. The third kappa shape index (κ3) is 5.80. The van der Waals surface area contributed by atoms with Gasteiger partial charge in [0.25, 0.3) is 0 Å². The lowest BCUT2D eigenvalue weighted by Gasteiger charge is -2.36. The van der Waals surface area contributed by atoms with Gasteiger partial charge in [-0.05, 0) is 42.0 Å². The average molecular weight is 432 g/mol. The number of hydrogen-bond acceptors (Lipinski definition) is 5. The normalized spacial score (nSPS) is 14.1. The SMILES string of the molecule is COc1ccccc1N1CCN(CC(=O)Nc2ccc(OCc3ccccc3)cc2)CC1. The standard InChI is InChI=1S/C26H29N3O3/c1-31-25-10-6-5-9-24(25)29-17-15-28(16-18-29)19-26(30)27-22-11-13-23(14-12-22)32-20-21-7-3-2-4-8-21/h2-14H,15-20H2,1H3,(H,27,30). The van der Waals surface area contributed by atoms with Gasteiger partial charge in [-0.2, -0.15) is 0 Å². The van der Waals surface area contributed by atoms with E-state index in [0.717, 1.165) is 54.6 Å². The van der Waals surface area contributed by atoms with Gasteiger partial charge in [0, 0.05) is 31.9 Å². The molecule has 0 saturated carbocycles. The Morgan fingerprint density at radius 3 is 2.28 bits per heavy atom. The van der Waals surface area contributed by atoms with Crippen molar-refractivity contribution in [1.82, 2.24) is 4.90 Å². The summed E-state index contributed by atoms with van der Waals surface area (Å²) in [5, 5.41) is 2.98. The number of rotatable bonds is 8. The number of amides is 1. The molecule has 1 N–H and O–H groups in total. The highest BCUT2D eigenvalue weighted by Gasteiger charge is 2.21. The van der Waals surface area contributed by atoms with Crippen molar-refractivity contribution in [3.8, 4) is 11.5 Å². The van der Waals surface area contributed by atoms with Crippen molar-refractivity contribution in [1.29, 1.82) is 0 Å². The maximum absolute atomic E-state index is 12.5. The fourth-order valence-electron chi connectivity index (χ4n) is 3.82. The van der Waals surface area contributed by atoms with Crippen LogP contribution in [0.25, 0.3) is 0 Å². The maximum Gasteiger partial charge on any atom is 0.238 e. The summed E-state index contributed by atoms with van der Waals surface area (Å²) in [5.74, 6) is 1.66. The van der Waals surface area contributed by atoms with Gasteiger partial charge in [-0.1, -0.05) is 42.5 Å². The zero-order valence-corrected chi connectivity index (χ0v) is 18.4. The van der Waals surface area contributed by atoms with Crippen LogP contribution in [0.4, 0.5) is 11.4 Å². The number of anilines is 2. The van der Waals surface area contributed by atoms with Crippen molar-refractivity contribution < 1.29 is 14.3 Å². The number of piperazine rings is 1. The summed E-state index contributed by atoms with van der Waals surface area (Å²) in [6.07, 6.45) is 0. The van der Waals surface area contributed by atoms with Crippen LogP contribution in [0.15, 0.2) is 78.9 Å². The molecule has 3 aromatic carbocycles. The molecule has 4 rings (SSSR count). The smallest absolute Gasteiger partial charge is 0.238 e. The van der Waals surface area contributed by atoms with Gasteiger partial charge in [-0.15, -0.1) is 0 Å². The zero-order chi connectivity index (χ0) is 22.2. The maximum atomic E-state index is 12.5. The predicted octanol–water partition coefficient (Wildman–Crippen LogP) is 4.03. The number of nitrogens with zero attached hydrogens (tertiary/aromatic N) is 2. The van der Waals surface area contributed by atoms with Crippen LogP contribution in [-0.2, 0) is 11.4 Å². The molecule has 1 heterocycles. The van der Waals surface area contributed by atoms with Crippen LogP contribution in [0.1, 0.15) is 5.56 Å². The second-order valence-electron chi connectivity index (χ2n) is 7.78. The molecular formula is C26H29N3O3. The van der Waals surface area contributed by atoms with E-state index < -0.39 is 0 Å². The Kier molecular flexibility index (Phi) is 7.25. The molecular weight excluding hydrogens is 402 g/mol. The minimum absolute atomic E-state index is 0.00584. The number of nitrogens with one attached hydrogen (secondary N) is 1. The zero-order valence-electron chi connectivity index (χ0n) is 18.4. The van der Waals surface area contributed by atoms with E-state index in [-0.39, 0.29) is 5.91 Å². The summed E-state index contributed by atoms with van der Waals surface area (Å²) < 4.78 is 11.3. The molecule has 1 amide bonds. The first kappa shape index (κ1) is 21.7. The number of methoxy groups -OCH3 is 1. The van der Waals surface area contributed by atoms with Crippen molar-refractivity contribution in [3.63, 3.8) is 0 Å². The molecule has 32 heavy (non-hydrogen) atoms. The lowest BCUT2D eigenvalue weighted by molar-refractivity contribution is -0.117. The van der Waals surface area contributed by atoms with Gasteiger partial charge in [-0.3, -0.25) is 9.69 Å². The van der Waals surface area contributed by atoms with Crippen molar-refractivity contribution in [2.45, 2.75) is 6.61 Å². The summed E-state index contributed by atoms with van der Waals surface area (Å²) in [6.45, 7) is 4.29. The van der Waals surface area contributed by atoms with E-state index in [4.69, 9.17) is 9.47 Å². The van der Waals surface area contributed by atoms with Crippen LogP contribution in [0.2, 0.25) is 0 Å². The van der Waals surface area contributed by atoms with Gasteiger partial charge in [0.05, 0.1) is 19.3 Å². The Bertz CT molecular complexity index is 1000.